The van der Waals surface area contributed by atoms with Crippen molar-refractivity contribution in [2.75, 3.05) is 13.1 Å². The van der Waals surface area contributed by atoms with Crippen molar-refractivity contribution in [3.05, 3.63) is 0 Å². The zero-order chi connectivity index (χ0) is 13.4. The fourth-order valence-corrected chi connectivity index (χ4v) is 2.64. The summed E-state index contributed by atoms with van der Waals surface area (Å²) < 4.78 is 5.96. The van der Waals surface area contributed by atoms with Crippen molar-refractivity contribution in [1.29, 1.82) is 0 Å². The molecule has 0 aromatic rings. The molecule has 1 saturated heterocycles. The van der Waals surface area contributed by atoms with Crippen LogP contribution in [0.4, 0.5) is 0 Å². The number of unbranched alkanes of at least 4 members (excludes halogenated alkanes) is 3. The molecule has 0 aromatic heterocycles. The number of nitrogens with one attached hydrogen (secondary N) is 1. The van der Waals surface area contributed by atoms with Crippen LogP contribution < -0.4 is 5.32 Å². The van der Waals surface area contributed by atoms with Crippen LogP contribution in [0.1, 0.15) is 72.6 Å². The van der Waals surface area contributed by atoms with Crippen LogP contribution in [0.25, 0.3) is 0 Å². The maximum absolute atomic E-state index is 5.96. The van der Waals surface area contributed by atoms with Crippen LogP contribution in [0.15, 0.2) is 0 Å². The summed E-state index contributed by atoms with van der Waals surface area (Å²) in [6.07, 6.45) is 9.73. The Labute approximate surface area is 114 Å². The molecule has 0 aromatic carbocycles. The summed E-state index contributed by atoms with van der Waals surface area (Å²) in [5.74, 6) is 0.867. The van der Waals surface area contributed by atoms with Gasteiger partial charge in [0, 0.05) is 6.54 Å². The molecular weight excluding hydrogens is 222 g/mol. The summed E-state index contributed by atoms with van der Waals surface area (Å²) in [7, 11) is 0. The van der Waals surface area contributed by atoms with E-state index in [1.165, 1.54) is 44.9 Å². The Bertz CT molecular complexity index is 213. The van der Waals surface area contributed by atoms with Crippen molar-refractivity contribution in [3.63, 3.8) is 0 Å². The summed E-state index contributed by atoms with van der Waals surface area (Å²) in [6, 6.07) is 0. The van der Waals surface area contributed by atoms with E-state index >= 15 is 0 Å². The summed E-state index contributed by atoms with van der Waals surface area (Å²) in [6.45, 7) is 11.2. The van der Waals surface area contributed by atoms with Crippen LogP contribution in [-0.4, -0.2) is 24.8 Å². The van der Waals surface area contributed by atoms with Crippen LogP contribution in [0.5, 0.6) is 0 Å². The standard InChI is InChI=1S/C16H33NO/c1-14(2)9-7-5-6-8-12-17-13-15-10-11-16(3,4)18-15/h14-15,17H,5-13H2,1-4H3. The van der Waals surface area contributed by atoms with Crippen LogP contribution in [-0.2, 0) is 4.74 Å². The third-order valence-electron chi connectivity index (χ3n) is 3.81. The van der Waals surface area contributed by atoms with Gasteiger partial charge in [-0.15, -0.1) is 0 Å². The first-order chi connectivity index (χ1) is 8.49. The number of hydrogen-bond acceptors (Lipinski definition) is 2. The van der Waals surface area contributed by atoms with Gasteiger partial charge in [-0.05, 0) is 45.6 Å². The van der Waals surface area contributed by atoms with E-state index in [1.807, 2.05) is 0 Å². The summed E-state index contributed by atoms with van der Waals surface area (Å²) >= 11 is 0. The quantitative estimate of drug-likeness (QED) is 0.625. The lowest BCUT2D eigenvalue weighted by Crippen LogP contribution is -2.29. The molecule has 0 aliphatic carbocycles. The van der Waals surface area contributed by atoms with Gasteiger partial charge < -0.3 is 10.1 Å². The van der Waals surface area contributed by atoms with Crippen molar-refractivity contribution in [2.45, 2.75) is 84.3 Å². The topological polar surface area (TPSA) is 21.3 Å². The first kappa shape index (κ1) is 16.0. The fraction of sp³-hybridized carbons (Fsp3) is 1.00. The van der Waals surface area contributed by atoms with Gasteiger partial charge in [0.2, 0.25) is 0 Å². The van der Waals surface area contributed by atoms with Gasteiger partial charge in [0.05, 0.1) is 11.7 Å². The van der Waals surface area contributed by atoms with Gasteiger partial charge in [0.15, 0.2) is 0 Å². The van der Waals surface area contributed by atoms with Gasteiger partial charge in [-0.3, -0.25) is 0 Å². The molecule has 0 spiro atoms. The SMILES string of the molecule is CC(C)CCCCCCNCC1CCC(C)(C)O1. The summed E-state index contributed by atoms with van der Waals surface area (Å²) in [4.78, 5) is 0. The molecule has 108 valence electrons. The zero-order valence-corrected chi connectivity index (χ0v) is 12.9. The van der Waals surface area contributed by atoms with Crippen molar-refractivity contribution < 1.29 is 4.74 Å². The number of rotatable bonds is 9. The van der Waals surface area contributed by atoms with Crippen LogP contribution in [0, 0.1) is 5.92 Å². The average molecular weight is 255 g/mol. The molecule has 18 heavy (non-hydrogen) atoms. The van der Waals surface area contributed by atoms with Crippen molar-refractivity contribution in [1.82, 2.24) is 5.32 Å². The zero-order valence-electron chi connectivity index (χ0n) is 12.9. The maximum atomic E-state index is 5.96. The van der Waals surface area contributed by atoms with Gasteiger partial charge in [0.25, 0.3) is 0 Å². The van der Waals surface area contributed by atoms with Gasteiger partial charge in [0.1, 0.15) is 0 Å². The third-order valence-corrected chi connectivity index (χ3v) is 3.81. The van der Waals surface area contributed by atoms with E-state index < -0.39 is 0 Å². The smallest absolute Gasteiger partial charge is 0.0707 e. The van der Waals surface area contributed by atoms with Gasteiger partial charge in [-0.25, -0.2) is 0 Å². The number of hydrogen-bond donors (Lipinski definition) is 1. The molecule has 0 bridgehead atoms. The molecule has 1 aliphatic heterocycles. The van der Waals surface area contributed by atoms with Crippen LogP contribution in [0.2, 0.25) is 0 Å². The van der Waals surface area contributed by atoms with E-state index in [2.05, 4.69) is 33.0 Å². The molecule has 1 unspecified atom stereocenters. The molecule has 1 N–H and O–H groups in total. The monoisotopic (exact) mass is 255 g/mol. The third kappa shape index (κ3) is 7.38. The molecule has 2 nitrogen and oxygen atoms in total. The lowest BCUT2D eigenvalue weighted by molar-refractivity contribution is -0.0141. The second-order valence-corrected chi connectivity index (χ2v) is 6.84. The van der Waals surface area contributed by atoms with E-state index in [-0.39, 0.29) is 5.60 Å². The highest BCUT2D eigenvalue weighted by atomic mass is 16.5. The maximum Gasteiger partial charge on any atom is 0.0707 e. The van der Waals surface area contributed by atoms with Crippen molar-refractivity contribution in [3.8, 4) is 0 Å². The fourth-order valence-electron chi connectivity index (χ4n) is 2.64. The normalized spacial score (nSPS) is 22.8. The Hall–Kier alpha value is -0.0800. The van der Waals surface area contributed by atoms with E-state index in [1.54, 1.807) is 0 Å². The molecule has 0 amide bonds. The largest absolute Gasteiger partial charge is 0.371 e. The van der Waals surface area contributed by atoms with Gasteiger partial charge in [-0.1, -0.05) is 39.5 Å². The first-order valence-electron chi connectivity index (χ1n) is 7.88. The predicted octanol–water partition coefficient (Wildman–Crippen LogP) is 4.14. The highest BCUT2D eigenvalue weighted by Crippen LogP contribution is 2.28. The molecule has 1 fully saturated rings. The Morgan fingerprint density at radius 2 is 1.89 bits per heavy atom. The molecule has 0 radical (unpaired) electrons. The highest BCUT2D eigenvalue weighted by Gasteiger charge is 2.30. The lowest BCUT2D eigenvalue weighted by Gasteiger charge is -2.19. The second kappa shape index (κ2) is 8.16. The summed E-state index contributed by atoms with van der Waals surface area (Å²) in [5.41, 5.74) is 0.114. The molecule has 0 saturated carbocycles. The van der Waals surface area contributed by atoms with E-state index in [4.69, 9.17) is 4.74 Å². The highest BCUT2D eigenvalue weighted by molar-refractivity contribution is 4.81. The number of ether oxygens (including phenoxy) is 1. The average Bonchev–Trinajstić information content (AvgIpc) is 2.62. The van der Waals surface area contributed by atoms with Gasteiger partial charge >= 0.3 is 0 Å². The second-order valence-electron chi connectivity index (χ2n) is 6.84. The van der Waals surface area contributed by atoms with Crippen molar-refractivity contribution >= 4 is 0 Å². The van der Waals surface area contributed by atoms with E-state index in [0.717, 1.165) is 19.0 Å². The molecule has 2 heteroatoms. The van der Waals surface area contributed by atoms with Crippen LogP contribution >= 0.6 is 0 Å². The Kier molecular flexibility index (Phi) is 7.25. The van der Waals surface area contributed by atoms with E-state index in [0.29, 0.717) is 6.10 Å². The van der Waals surface area contributed by atoms with E-state index in [9.17, 15) is 0 Å². The Morgan fingerprint density at radius 3 is 2.50 bits per heavy atom. The minimum Gasteiger partial charge on any atom is -0.371 e. The molecule has 1 heterocycles. The minimum absolute atomic E-state index is 0.114. The summed E-state index contributed by atoms with van der Waals surface area (Å²) in [5, 5.41) is 3.54. The minimum atomic E-state index is 0.114. The Balaban J connectivity index is 1.85. The van der Waals surface area contributed by atoms with Crippen molar-refractivity contribution in [2.24, 2.45) is 5.92 Å². The lowest BCUT2D eigenvalue weighted by atomic mass is 10.0. The molecule has 1 aliphatic rings. The first-order valence-corrected chi connectivity index (χ1v) is 7.88. The Morgan fingerprint density at radius 1 is 1.17 bits per heavy atom. The molecule has 1 atom stereocenters. The molecular formula is C16H33NO. The van der Waals surface area contributed by atoms with Crippen LogP contribution in [0.3, 0.4) is 0 Å². The predicted molar refractivity (Wildman–Crippen MR) is 79.0 cm³/mol. The molecule has 1 rings (SSSR count). The van der Waals surface area contributed by atoms with Gasteiger partial charge in [-0.2, -0.15) is 0 Å².